The Labute approximate surface area is 113 Å². The summed E-state index contributed by atoms with van der Waals surface area (Å²) in [5, 5.41) is 0. The zero-order valence-corrected chi connectivity index (χ0v) is 11.9. The Kier molecular flexibility index (Phi) is 3.56. The summed E-state index contributed by atoms with van der Waals surface area (Å²) < 4.78 is 0. The molecule has 0 N–H and O–H groups in total. The fraction of sp³-hybridized carbons (Fsp3) is 0.375. The number of carbonyl (C=O) groups is 2. The van der Waals surface area contributed by atoms with E-state index >= 15 is 0 Å². The molecule has 2 amide bonds. The molecule has 19 heavy (non-hydrogen) atoms. The number of amides is 2. The lowest BCUT2D eigenvalue weighted by atomic mass is 10.1. The van der Waals surface area contributed by atoms with Gasteiger partial charge in [-0.15, -0.1) is 0 Å². The van der Waals surface area contributed by atoms with Crippen LogP contribution in [0.1, 0.15) is 31.4 Å². The fourth-order valence-corrected chi connectivity index (χ4v) is 2.45. The summed E-state index contributed by atoms with van der Waals surface area (Å²) in [6.07, 6.45) is 2.09. The number of nitrogens with zero attached hydrogens (tertiary/aromatic N) is 1. The van der Waals surface area contributed by atoms with Gasteiger partial charge in [0.15, 0.2) is 0 Å². The van der Waals surface area contributed by atoms with Gasteiger partial charge in [-0.1, -0.05) is 26.0 Å². The fourth-order valence-electron chi connectivity index (χ4n) is 2.45. The number of anilines is 1. The van der Waals surface area contributed by atoms with Crippen LogP contribution < -0.4 is 4.90 Å². The van der Waals surface area contributed by atoms with Crippen molar-refractivity contribution in [3.05, 3.63) is 41.0 Å². The molecular formula is C16H19NO2. The van der Waals surface area contributed by atoms with Gasteiger partial charge >= 0.3 is 0 Å². The SMILES string of the molecule is Cc1cc(C)cc(N2C(=O)CC(=CC(C)C)C2=O)c1. The van der Waals surface area contributed by atoms with E-state index in [1.807, 2.05) is 52.0 Å². The number of imide groups is 1. The molecule has 2 rings (SSSR count). The molecule has 3 nitrogen and oxygen atoms in total. The smallest absolute Gasteiger partial charge is 0.261 e. The molecule has 0 aliphatic carbocycles. The Morgan fingerprint density at radius 2 is 1.68 bits per heavy atom. The second-order valence-corrected chi connectivity index (χ2v) is 5.49. The molecule has 3 heteroatoms. The van der Waals surface area contributed by atoms with Crippen LogP contribution in [0.15, 0.2) is 29.8 Å². The van der Waals surface area contributed by atoms with Crippen molar-refractivity contribution in [2.24, 2.45) is 5.92 Å². The molecule has 1 aliphatic heterocycles. The van der Waals surface area contributed by atoms with Gasteiger partial charge in [-0.2, -0.15) is 0 Å². The Balaban J connectivity index is 2.40. The molecule has 100 valence electrons. The van der Waals surface area contributed by atoms with Gasteiger partial charge in [0.1, 0.15) is 0 Å². The predicted molar refractivity (Wildman–Crippen MR) is 75.9 cm³/mol. The van der Waals surface area contributed by atoms with Gasteiger partial charge in [0.05, 0.1) is 12.1 Å². The summed E-state index contributed by atoms with van der Waals surface area (Å²) in [7, 11) is 0. The lowest BCUT2D eigenvalue weighted by molar-refractivity contribution is -0.120. The minimum absolute atomic E-state index is 0.137. The minimum Gasteiger partial charge on any atom is -0.274 e. The summed E-state index contributed by atoms with van der Waals surface area (Å²) in [4.78, 5) is 25.7. The zero-order chi connectivity index (χ0) is 14.2. The van der Waals surface area contributed by atoms with Gasteiger partial charge in [-0.25, -0.2) is 4.90 Å². The van der Waals surface area contributed by atoms with Crippen LogP contribution in [0.2, 0.25) is 0 Å². The Morgan fingerprint density at radius 1 is 1.11 bits per heavy atom. The molecule has 0 aromatic heterocycles. The monoisotopic (exact) mass is 257 g/mol. The van der Waals surface area contributed by atoms with Crippen LogP contribution in [-0.2, 0) is 9.59 Å². The first-order valence-electron chi connectivity index (χ1n) is 6.54. The molecule has 0 bridgehead atoms. The van der Waals surface area contributed by atoms with Crippen molar-refractivity contribution < 1.29 is 9.59 Å². The molecule has 0 atom stereocenters. The van der Waals surface area contributed by atoms with E-state index in [4.69, 9.17) is 0 Å². The van der Waals surface area contributed by atoms with Crippen LogP contribution in [0.25, 0.3) is 0 Å². The van der Waals surface area contributed by atoms with E-state index in [2.05, 4.69) is 0 Å². The van der Waals surface area contributed by atoms with Crippen LogP contribution in [0, 0.1) is 19.8 Å². The predicted octanol–water partition coefficient (Wildman–Crippen LogP) is 3.15. The van der Waals surface area contributed by atoms with Crippen LogP contribution in [0.5, 0.6) is 0 Å². The largest absolute Gasteiger partial charge is 0.274 e. The molecule has 1 fully saturated rings. The van der Waals surface area contributed by atoms with Gasteiger partial charge in [0.2, 0.25) is 5.91 Å². The van der Waals surface area contributed by atoms with E-state index in [9.17, 15) is 9.59 Å². The van der Waals surface area contributed by atoms with E-state index in [-0.39, 0.29) is 24.2 Å². The Hall–Kier alpha value is -1.90. The van der Waals surface area contributed by atoms with Gasteiger partial charge < -0.3 is 0 Å². The van der Waals surface area contributed by atoms with Gasteiger partial charge in [0, 0.05) is 5.57 Å². The van der Waals surface area contributed by atoms with Crippen LogP contribution in [-0.4, -0.2) is 11.8 Å². The van der Waals surface area contributed by atoms with Crippen LogP contribution in [0.4, 0.5) is 5.69 Å². The van der Waals surface area contributed by atoms with Crippen molar-refractivity contribution in [2.75, 3.05) is 4.90 Å². The van der Waals surface area contributed by atoms with Crippen LogP contribution in [0.3, 0.4) is 0 Å². The molecule has 1 aromatic rings. The van der Waals surface area contributed by atoms with Gasteiger partial charge in [-0.3, -0.25) is 9.59 Å². The lowest BCUT2D eigenvalue weighted by Gasteiger charge is -2.15. The quantitative estimate of drug-likeness (QED) is 0.603. The molecule has 0 saturated carbocycles. The third-order valence-corrected chi connectivity index (χ3v) is 3.07. The summed E-state index contributed by atoms with van der Waals surface area (Å²) in [5.74, 6) is -0.0449. The second kappa shape index (κ2) is 5.00. The average molecular weight is 257 g/mol. The van der Waals surface area contributed by atoms with Gasteiger partial charge in [0.25, 0.3) is 5.91 Å². The van der Waals surface area contributed by atoms with E-state index < -0.39 is 0 Å². The first kappa shape index (κ1) is 13.5. The first-order chi connectivity index (χ1) is 8.88. The molecule has 0 radical (unpaired) electrons. The van der Waals surface area contributed by atoms with E-state index in [1.54, 1.807) is 0 Å². The number of benzene rings is 1. The number of carbonyl (C=O) groups excluding carboxylic acids is 2. The molecule has 0 spiro atoms. The van der Waals surface area contributed by atoms with Crippen molar-refractivity contribution in [3.63, 3.8) is 0 Å². The third-order valence-electron chi connectivity index (χ3n) is 3.07. The van der Waals surface area contributed by atoms with Crippen molar-refractivity contribution in [2.45, 2.75) is 34.1 Å². The molecule has 1 saturated heterocycles. The standard InChI is InChI=1S/C16H19NO2/c1-10(2)5-13-9-15(18)17(16(13)19)14-7-11(3)6-12(4)8-14/h5-8,10H,9H2,1-4H3. The Morgan fingerprint density at radius 3 is 2.21 bits per heavy atom. The van der Waals surface area contributed by atoms with E-state index in [0.717, 1.165) is 11.1 Å². The summed E-state index contributed by atoms with van der Waals surface area (Å²) in [6, 6.07) is 5.78. The number of rotatable bonds is 2. The minimum atomic E-state index is -0.177. The van der Waals surface area contributed by atoms with E-state index in [1.165, 1.54) is 4.90 Å². The van der Waals surface area contributed by atoms with Crippen LogP contribution >= 0.6 is 0 Å². The molecule has 1 aromatic carbocycles. The maximum Gasteiger partial charge on any atom is 0.261 e. The maximum atomic E-state index is 12.3. The van der Waals surface area contributed by atoms with Crippen molar-refractivity contribution in [1.82, 2.24) is 0 Å². The highest BCUT2D eigenvalue weighted by Gasteiger charge is 2.35. The van der Waals surface area contributed by atoms with Crippen molar-refractivity contribution >= 4 is 17.5 Å². The highest BCUT2D eigenvalue weighted by atomic mass is 16.2. The van der Waals surface area contributed by atoms with Crippen molar-refractivity contribution in [3.8, 4) is 0 Å². The number of allylic oxidation sites excluding steroid dienone is 1. The highest BCUT2D eigenvalue weighted by molar-refractivity contribution is 6.28. The zero-order valence-electron chi connectivity index (χ0n) is 11.9. The summed E-state index contributed by atoms with van der Waals surface area (Å²) >= 11 is 0. The molecule has 0 unspecified atom stereocenters. The Bertz CT molecular complexity index is 550. The summed E-state index contributed by atoms with van der Waals surface area (Å²) in [6.45, 7) is 7.94. The van der Waals surface area contributed by atoms with E-state index in [0.29, 0.717) is 11.3 Å². The first-order valence-corrected chi connectivity index (χ1v) is 6.54. The maximum absolute atomic E-state index is 12.3. The van der Waals surface area contributed by atoms with Crippen molar-refractivity contribution in [1.29, 1.82) is 0 Å². The third kappa shape index (κ3) is 2.75. The van der Waals surface area contributed by atoms with Gasteiger partial charge in [-0.05, 0) is 43.0 Å². The summed E-state index contributed by atoms with van der Waals surface area (Å²) in [5.41, 5.74) is 3.40. The topological polar surface area (TPSA) is 37.4 Å². The lowest BCUT2D eigenvalue weighted by Crippen LogP contribution is -2.29. The second-order valence-electron chi connectivity index (χ2n) is 5.49. The number of hydrogen-bond donors (Lipinski definition) is 0. The highest BCUT2D eigenvalue weighted by Crippen LogP contribution is 2.28. The number of aryl methyl sites for hydroxylation is 2. The normalized spacial score (nSPS) is 17.9. The molecule has 1 heterocycles. The molecular weight excluding hydrogens is 238 g/mol. The number of hydrogen-bond acceptors (Lipinski definition) is 2. The molecule has 1 aliphatic rings. The average Bonchev–Trinajstić information content (AvgIpc) is 2.51.